The molecule has 5 heterocycles. The molecule has 5 aliphatic heterocycles. The van der Waals surface area contributed by atoms with Crippen LogP contribution in [0.5, 0.6) is 0 Å². The van der Waals surface area contributed by atoms with Crippen LogP contribution in [0.3, 0.4) is 0 Å². The Hall–Kier alpha value is -6.33. The Morgan fingerprint density at radius 2 is 1.22 bits per heavy atom. The van der Waals surface area contributed by atoms with Gasteiger partial charge >= 0.3 is 18.3 Å². The van der Waals surface area contributed by atoms with Gasteiger partial charge in [-0.1, -0.05) is 91.0 Å². The van der Waals surface area contributed by atoms with Crippen LogP contribution in [0.15, 0.2) is 91.0 Å². The number of benzene rings is 3. The second-order valence-corrected chi connectivity index (χ2v) is 17.0. The number of alkyl carbamates (subject to hydrolysis) is 1. The Labute approximate surface area is 371 Å². The van der Waals surface area contributed by atoms with E-state index < -0.39 is 47.2 Å². The van der Waals surface area contributed by atoms with E-state index in [2.05, 4.69) is 16.0 Å². The van der Waals surface area contributed by atoms with Gasteiger partial charge in [0.25, 0.3) is 11.8 Å². The molecular formula is C47H56N6O11. The Morgan fingerprint density at radius 3 is 1.61 bits per heavy atom. The van der Waals surface area contributed by atoms with Crippen molar-refractivity contribution in [1.82, 2.24) is 30.7 Å². The summed E-state index contributed by atoms with van der Waals surface area (Å²) in [6.45, 7) is 4.45. The quantitative estimate of drug-likeness (QED) is 0.178. The molecule has 1 saturated carbocycles. The van der Waals surface area contributed by atoms with Crippen molar-refractivity contribution >= 4 is 41.8 Å². The topological polar surface area (TPSA) is 213 Å². The van der Waals surface area contributed by atoms with E-state index in [4.69, 9.17) is 14.2 Å². The number of β-lactam (4-membered cyclic amide) rings is 2. The first-order chi connectivity index (χ1) is 30.9. The van der Waals surface area contributed by atoms with Crippen molar-refractivity contribution in [3.63, 3.8) is 0 Å². The van der Waals surface area contributed by atoms with Crippen LogP contribution >= 0.6 is 0 Å². The first-order valence-corrected chi connectivity index (χ1v) is 21.9. The molecule has 1 aliphatic carbocycles. The maximum Gasteiger partial charge on any atom is 0.411 e. The molecule has 17 heteroatoms. The molecule has 3 aromatic rings. The Bertz CT molecular complexity index is 2160. The minimum absolute atomic E-state index is 0.0147. The number of hydrogen-bond acceptors (Lipinski definition) is 12. The van der Waals surface area contributed by atoms with Crippen molar-refractivity contribution in [2.45, 2.75) is 107 Å². The molecule has 4 N–H and O–H groups in total. The normalized spacial score (nSPS) is 24.8. The lowest BCUT2D eigenvalue weighted by molar-refractivity contribution is -0.170. The number of hydrogen-bond donors (Lipinski definition) is 4. The molecule has 5 saturated heterocycles. The van der Waals surface area contributed by atoms with E-state index in [0.717, 1.165) is 66.8 Å². The van der Waals surface area contributed by atoms with Crippen molar-refractivity contribution in [1.29, 1.82) is 0 Å². The fourth-order valence-electron chi connectivity index (χ4n) is 9.05. The molecule has 5 unspecified atom stereocenters. The summed E-state index contributed by atoms with van der Waals surface area (Å²) in [6, 6.07) is 26.4. The molecule has 0 bridgehead atoms. The fraction of sp³-hybridized carbons (Fsp3) is 0.468. The Balaban J connectivity index is 0.000000179. The zero-order valence-electron chi connectivity index (χ0n) is 36.0. The van der Waals surface area contributed by atoms with Gasteiger partial charge in [-0.3, -0.25) is 33.9 Å². The molecule has 6 fully saturated rings. The third-order valence-corrected chi connectivity index (χ3v) is 12.9. The number of likely N-dealkylation sites (tertiary alicyclic amines) is 3. The molecule has 340 valence electrons. The van der Waals surface area contributed by atoms with Gasteiger partial charge in [-0.05, 0) is 75.1 Å². The van der Waals surface area contributed by atoms with E-state index in [1.165, 1.54) is 11.8 Å². The number of ketones is 1. The number of nitrogens with one attached hydrogen (secondary N) is 3. The van der Waals surface area contributed by atoms with E-state index in [1.54, 1.807) is 29.2 Å². The molecule has 6 amide bonds. The standard InChI is InChI=1S/C26H29N3O7.C15H17NO3.C6H10N2O/c1-18(30)21(27-24(33)35-15-19-9-4-2-5-10-19)22(31)28-17-26(23(28)32)13-8-14-29(26)25(34)36-16-20-11-6-3-7-12-20;17-13-7-9-15(13)8-4-10-16(15)14(18)19-11-12-5-2-1-3-6-12;9-5-6(4-7-5)2-1-3-8-6/h2-7,9-12,18,21,30H,8,13-17H2,1H3,(H,27,33);1-3,5-6H,4,7-11H2;8H,1-4H2,(H,7,9). The van der Waals surface area contributed by atoms with Crippen molar-refractivity contribution in [2.75, 3.05) is 32.7 Å². The number of carbonyl (C=O) groups excluding carboxylic acids is 7. The lowest BCUT2D eigenvalue weighted by Crippen LogP contribution is -2.76. The van der Waals surface area contributed by atoms with Crippen LogP contribution in [0.4, 0.5) is 14.4 Å². The Morgan fingerprint density at radius 1 is 0.703 bits per heavy atom. The minimum Gasteiger partial charge on any atom is -0.445 e. The third kappa shape index (κ3) is 9.74. The lowest BCUT2D eigenvalue weighted by Gasteiger charge is -2.50. The van der Waals surface area contributed by atoms with Gasteiger partial charge in [0.05, 0.1) is 12.6 Å². The third-order valence-electron chi connectivity index (χ3n) is 12.9. The summed E-state index contributed by atoms with van der Waals surface area (Å²) < 4.78 is 15.9. The van der Waals surface area contributed by atoms with Gasteiger partial charge < -0.3 is 35.3 Å². The Kier molecular flexibility index (Phi) is 14.3. The van der Waals surface area contributed by atoms with E-state index in [-0.39, 0.29) is 49.7 Å². The van der Waals surface area contributed by atoms with Crippen LogP contribution in [-0.4, -0.2) is 123 Å². The SMILES string of the molecule is CC(O)C(NC(=O)OCc1ccccc1)C(=O)N1CC2(CCCN2C(=O)OCc2ccccc2)C1=O.O=C(OCc1ccccc1)N1CCCC12CCC2=O.O=C1NCC12CCCN2. The summed E-state index contributed by atoms with van der Waals surface area (Å²) >= 11 is 0. The van der Waals surface area contributed by atoms with E-state index in [0.29, 0.717) is 32.4 Å². The first kappa shape index (κ1) is 45.7. The van der Waals surface area contributed by atoms with Gasteiger partial charge in [0.15, 0.2) is 5.78 Å². The zero-order valence-corrected chi connectivity index (χ0v) is 36.0. The molecule has 9 rings (SSSR count). The summed E-state index contributed by atoms with van der Waals surface area (Å²) in [7, 11) is 0. The van der Waals surface area contributed by atoms with Gasteiger partial charge in [0.2, 0.25) is 5.91 Å². The van der Waals surface area contributed by atoms with Crippen LogP contribution in [0.25, 0.3) is 0 Å². The van der Waals surface area contributed by atoms with Gasteiger partial charge in [0.1, 0.15) is 42.5 Å². The first-order valence-electron chi connectivity index (χ1n) is 21.9. The van der Waals surface area contributed by atoms with Crippen molar-refractivity contribution < 1.29 is 52.9 Å². The minimum atomic E-state index is -1.38. The predicted octanol–water partition coefficient (Wildman–Crippen LogP) is 3.96. The van der Waals surface area contributed by atoms with Gasteiger partial charge in [-0.2, -0.15) is 0 Å². The molecule has 5 atom stereocenters. The highest BCUT2D eigenvalue weighted by Gasteiger charge is 2.63. The maximum atomic E-state index is 13.2. The zero-order chi connectivity index (χ0) is 45.3. The molecule has 64 heavy (non-hydrogen) atoms. The number of carbonyl (C=O) groups is 7. The number of amides is 6. The lowest BCUT2D eigenvalue weighted by atomic mass is 9.73. The van der Waals surface area contributed by atoms with Gasteiger partial charge in [-0.25, -0.2) is 14.4 Å². The van der Waals surface area contributed by atoms with Crippen LogP contribution in [0.2, 0.25) is 0 Å². The van der Waals surface area contributed by atoms with E-state index >= 15 is 0 Å². The fourth-order valence-corrected chi connectivity index (χ4v) is 9.05. The summed E-state index contributed by atoms with van der Waals surface area (Å²) in [5, 5.41) is 18.4. The summed E-state index contributed by atoms with van der Waals surface area (Å²) in [5.41, 5.74) is 0.742. The molecule has 0 radical (unpaired) electrons. The van der Waals surface area contributed by atoms with E-state index in [1.807, 2.05) is 66.7 Å². The number of ether oxygens (including phenoxy) is 3. The second kappa shape index (κ2) is 20.0. The summed E-state index contributed by atoms with van der Waals surface area (Å²) in [6.07, 6.45) is 3.12. The number of aliphatic hydroxyl groups excluding tert-OH is 1. The highest BCUT2D eigenvalue weighted by atomic mass is 16.6. The summed E-state index contributed by atoms with van der Waals surface area (Å²) in [4.78, 5) is 90.0. The van der Waals surface area contributed by atoms with Crippen LogP contribution in [-0.2, 0) is 53.2 Å². The molecule has 3 spiro atoms. The number of aliphatic hydroxyl groups is 1. The number of Topliss-reactive ketones (excluding diaryl/α,β-unsaturated/α-hetero) is 1. The van der Waals surface area contributed by atoms with Gasteiger partial charge in [-0.15, -0.1) is 0 Å². The molecule has 3 aromatic carbocycles. The van der Waals surface area contributed by atoms with Crippen LogP contribution in [0.1, 0.15) is 75.0 Å². The second-order valence-electron chi connectivity index (χ2n) is 17.0. The average molecular weight is 881 g/mol. The number of rotatable bonds is 9. The largest absolute Gasteiger partial charge is 0.445 e. The maximum absolute atomic E-state index is 13.2. The highest BCUT2D eigenvalue weighted by Crippen LogP contribution is 2.43. The highest BCUT2D eigenvalue weighted by molar-refractivity contribution is 6.09. The predicted molar refractivity (Wildman–Crippen MR) is 230 cm³/mol. The van der Waals surface area contributed by atoms with Crippen molar-refractivity contribution in [2.24, 2.45) is 0 Å². The number of imide groups is 1. The number of nitrogens with zero attached hydrogens (tertiary/aromatic N) is 3. The average Bonchev–Trinajstić information content (AvgIpc) is 4.12. The van der Waals surface area contributed by atoms with Crippen molar-refractivity contribution in [3.05, 3.63) is 108 Å². The smallest absolute Gasteiger partial charge is 0.411 e. The van der Waals surface area contributed by atoms with Crippen molar-refractivity contribution in [3.8, 4) is 0 Å². The monoisotopic (exact) mass is 880 g/mol. The van der Waals surface area contributed by atoms with Gasteiger partial charge in [0, 0.05) is 26.1 Å². The van der Waals surface area contributed by atoms with Crippen LogP contribution < -0.4 is 16.0 Å². The molecule has 0 aromatic heterocycles. The van der Waals surface area contributed by atoms with Crippen LogP contribution in [0, 0.1) is 0 Å². The molecular weight excluding hydrogens is 825 g/mol. The molecule has 6 aliphatic rings. The molecule has 17 nitrogen and oxygen atoms in total. The summed E-state index contributed by atoms with van der Waals surface area (Å²) in [5.74, 6) is -0.921. The van der Waals surface area contributed by atoms with E-state index in [9.17, 15) is 38.7 Å².